The summed E-state index contributed by atoms with van der Waals surface area (Å²) in [6, 6.07) is 5.46. The average Bonchev–Trinajstić information content (AvgIpc) is 2.69. The number of piperidine rings is 2. The monoisotopic (exact) mass is 395 g/mol. The first-order chi connectivity index (χ1) is 12.6. The van der Waals surface area contributed by atoms with Crippen LogP contribution in [0.15, 0.2) is 23.2 Å². The zero-order chi connectivity index (χ0) is 18.5. The van der Waals surface area contributed by atoms with Gasteiger partial charge in [0.05, 0.1) is 15.8 Å². The zero-order valence-electron chi connectivity index (χ0n) is 15.4. The highest BCUT2D eigenvalue weighted by atomic mass is 35.5. The normalized spacial score (nSPS) is 22.5. The molecule has 0 aliphatic carbocycles. The van der Waals surface area contributed by atoms with Crippen LogP contribution >= 0.6 is 23.2 Å². The lowest BCUT2D eigenvalue weighted by atomic mass is 9.89. The largest absolute Gasteiger partial charge is 0.343 e. The Balaban J connectivity index is 1.90. The van der Waals surface area contributed by atoms with E-state index in [4.69, 9.17) is 23.2 Å². The number of carbonyl (C=O) groups excluding carboxylic acids is 1. The van der Waals surface area contributed by atoms with Crippen molar-refractivity contribution in [1.82, 2.24) is 9.80 Å². The molecule has 142 valence electrons. The third-order valence-electron chi connectivity index (χ3n) is 5.40. The highest BCUT2D eigenvalue weighted by molar-refractivity contribution is 6.42. The van der Waals surface area contributed by atoms with Gasteiger partial charge in [-0.2, -0.15) is 4.99 Å². The second-order valence-electron chi connectivity index (χ2n) is 7.19. The maximum atomic E-state index is 12.8. The molecule has 2 aliphatic rings. The Bertz CT molecular complexity index is 671. The standard InChI is InChI=1S/C20H27Cl2N3O/c1-2-24-10-6-7-16(14-24)19(15-8-9-17(21)18(22)13-15)23-20(26)25-11-4-3-5-12-25/h8-9,13,16H,2-7,10-12,14H2,1H3/b23-19+. The van der Waals surface area contributed by atoms with Gasteiger partial charge in [0.25, 0.3) is 0 Å². The van der Waals surface area contributed by atoms with Gasteiger partial charge in [-0.05, 0) is 62.9 Å². The molecule has 0 spiro atoms. The molecule has 2 saturated heterocycles. The lowest BCUT2D eigenvalue weighted by Crippen LogP contribution is -2.40. The summed E-state index contributed by atoms with van der Waals surface area (Å²) in [4.78, 5) is 21.7. The number of benzene rings is 1. The summed E-state index contributed by atoms with van der Waals surface area (Å²) >= 11 is 12.3. The summed E-state index contributed by atoms with van der Waals surface area (Å²) in [7, 11) is 0. The van der Waals surface area contributed by atoms with Crippen molar-refractivity contribution >= 4 is 34.9 Å². The molecule has 1 unspecified atom stereocenters. The Kier molecular flexibility index (Phi) is 6.96. The molecule has 2 aliphatic heterocycles. The maximum Gasteiger partial charge on any atom is 0.343 e. The fourth-order valence-corrected chi connectivity index (χ4v) is 4.17. The van der Waals surface area contributed by atoms with E-state index in [1.54, 1.807) is 6.07 Å². The van der Waals surface area contributed by atoms with Crippen LogP contribution < -0.4 is 0 Å². The van der Waals surface area contributed by atoms with Gasteiger partial charge in [-0.15, -0.1) is 0 Å². The number of urea groups is 1. The predicted octanol–water partition coefficient (Wildman–Crippen LogP) is 5.12. The minimum atomic E-state index is -0.112. The van der Waals surface area contributed by atoms with E-state index in [1.165, 1.54) is 6.42 Å². The van der Waals surface area contributed by atoms with Crippen LogP contribution in [0.2, 0.25) is 10.0 Å². The van der Waals surface area contributed by atoms with Gasteiger partial charge in [0.1, 0.15) is 0 Å². The third kappa shape index (κ3) is 4.79. The van der Waals surface area contributed by atoms with Gasteiger partial charge in [0, 0.05) is 25.6 Å². The van der Waals surface area contributed by atoms with Crippen LogP contribution in [0.3, 0.4) is 0 Å². The van der Waals surface area contributed by atoms with Gasteiger partial charge in [-0.25, -0.2) is 4.79 Å². The van der Waals surface area contributed by atoms with Crippen molar-refractivity contribution in [2.24, 2.45) is 10.9 Å². The molecular formula is C20H27Cl2N3O. The Labute approximate surface area is 166 Å². The second kappa shape index (κ2) is 9.20. The quantitative estimate of drug-likeness (QED) is 0.665. The van der Waals surface area contributed by atoms with Crippen molar-refractivity contribution in [2.75, 3.05) is 32.7 Å². The molecule has 2 amide bonds. The van der Waals surface area contributed by atoms with E-state index < -0.39 is 0 Å². The number of carbonyl (C=O) groups is 1. The van der Waals surface area contributed by atoms with Crippen molar-refractivity contribution in [3.05, 3.63) is 33.8 Å². The molecular weight excluding hydrogens is 369 g/mol. The van der Waals surface area contributed by atoms with Crippen LogP contribution in [0.4, 0.5) is 4.79 Å². The Morgan fingerprint density at radius 1 is 1.12 bits per heavy atom. The average molecular weight is 396 g/mol. The molecule has 4 nitrogen and oxygen atoms in total. The number of amides is 2. The van der Waals surface area contributed by atoms with Crippen LogP contribution in [0, 0.1) is 5.92 Å². The summed E-state index contributed by atoms with van der Waals surface area (Å²) in [5.74, 6) is 0.245. The van der Waals surface area contributed by atoms with Gasteiger partial charge in [0.15, 0.2) is 0 Å². The van der Waals surface area contributed by atoms with E-state index in [9.17, 15) is 4.79 Å². The Morgan fingerprint density at radius 3 is 2.58 bits per heavy atom. The highest BCUT2D eigenvalue weighted by Gasteiger charge is 2.27. The zero-order valence-corrected chi connectivity index (χ0v) is 16.9. The van der Waals surface area contributed by atoms with E-state index in [-0.39, 0.29) is 11.9 Å². The van der Waals surface area contributed by atoms with Crippen molar-refractivity contribution in [1.29, 1.82) is 0 Å². The van der Waals surface area contributed by atoms with Gasteiger partial charge >= 0.3 is 6.03 Å². The van der Waals surface area contributed by atoms with E-state index in [0.29, 0.717) is 10.0 Å². The first-order valence-electron chi connectivity index (χ1n) is 9.63. The number of hydrogen-bond donors (Lipinski definition) is 0. The number of hydrogen-bond acceptors (Lipinski definition) is 2. The summed E-state index contributed by atoms with van der Waals surface area (Å²) in [6.07, 6.45) is 5.49. The van der Waals surface area contributed by atoms with Gasteiger partial charge < -0.3 is 9.80 Å². The van der Waals surface area contributed by atoms with Gasteiger partial charge in [-0.3, -0.25) is 0 Å². The molecule has 6 heteroatoms. The number of likely N-dealkylation sites (tertiary alicyclic amines) is 2. The second-order valence-corrected chi connectivity index (χ2v) is 8.00. The molecule has 1 atom stereocenters. The molecule has 0 saturated carbocycles. The molecule has 0 aromatic heterocycles. The fourth-order valence-electron chi connectivity index (χ4n) is 3.87. The van der Waals surface area contributed by atoms with Crippen molar-refractivity contribution in [2.45, 2.75) is 39.0 Å². The minimum Gasteiger partial charge on any atom is -0.323 e. The van der Waals surface area contributed by atoms with Crippen LogP contribution in [0.1, 0.15) is 44.6 Å². The van der Waals surface area contributed by atoms with Crippen molar-refractivity contribution in [3.63, 3.8) is 0 Å². The molecule has 1 aromatic rings. The molecule has 2 heterocycles. The number of rotatable bonds is 3. The summed E-state index contributed by atoms with van der Waals surface area (Å²) in [5.41, 5.74) is 1.77. The molecule has 0 bridgehead atoms. The molecule has 26 heavy (non-hydrogen) atoms. The predicted molar refractivity (Wildman–Crippen MR) is 109 cm³/mol. The molecule has 3 rings (SSSR count). The summed E-state index contributed by atoms with van der Waals surface area (Å²) in [6.45, 7) is 6.86. The lowest BCUT2D eigenvalue weighted by Gasteiger charge is -2.33. The maximum absolute atomic E-state index is 12.8. The van der Waals surface area contributed by atoms with Crippen LogP contribution in [0.25, 0.3) is 0 Å². The molecule has 0 radical (unpaired) electrons. The van der Waals surface area contributed by atoms with E-state index in [1.807, 2.05) is 17.0 Å². The van der Waals surface area contributed by atoms with E-state index in [0.717, 1.165) is 69.7 Å². The van der Waals surface area contributed by atoms with Crippen LogP contribution in [-0.2, 0) is 0 Å². The summed E-state index contributed by atoms with van der Waals surface area (Å²) in [5, 5.41) is 1.03. The van der Waals surface area contributed by atoms with E-state index >= 15 is 0 Å². The van der Waals surface area contributed by atoms with Crippen molar-refractivity contribution < 1.29 is 4.79 Å². The number of halogens is 2. The number of aliphatic imine (C=N–C) groups is 1. The first-order valence-corrected chi connectivity index (χ1v) is 10.4. The summed E-state index contributed by atoms with van der Waals surface area (Å²) < 4.78 is 0. The molecule has 1 aromatic carbocycles. The molecule has 0 N–H and O–H groups in total. The smallest absolute Gasteiger partial charge is 0.323 e. The number of nitrogens with zero attached hydrogens (tertiary/aromatic N) is 3. The van der Waals surface area contributed by atoms with E-state index in [2.05, 4.69) is 16.8 Å². The topological polar surface area (TPSA) is 35.9 Å². The van der Waals surface area contributed by atoms with Crippen molar-refractivity contribution in [3.8, 4) is 0 Å². The fraction of sp³-hybridized carbons (Fsp3) is 0.600. The highest BCUT2D eigenvalue weighted by Crippen LogP contribution is 2.27. The third-order valence-corrected chi connectivity index (χ3v) is 6.14. The SMILES string of the molecule is CCN1CCCC(/C(=N/C(=O)N2CCCCC2)c2ccc(Cl)c(Cl)c2)C1. The van der Waals surface area contributed by atoms with Crippen LogP contribution in [-0.4, -0.2) is 54.3 Å². The van der Waals surface area contributed by atoms with Gasteiger partial charge in [-0.1, -0.05) is 36.2 Å². The lowest BCUT2D eigenvalue weighted by molar-refractivity contribution is 0.195. The van der Waals surface area contributed by atoms with Crippen LogP contribution in [0.5, 0.6) is 0 Å². The molecule has 2 fully saturated rings. The minimum absolute atomic E-state index is 0.112. The Morgan fingerprint density at radius 2 is 1.88 bits per heavy atom. The Hall–Kier alpha value is -1.10. The first kappa shape index (κ1) is 19.7. The van der Waals surface area contributed by atoms with Gasteiger partial charge in [0.2, 0.25) is 0 Å².